The molecule has 2 rings (SSSR count). The Morgan fingerprint density at radius 1 is 1.00 bits per heavy atom. The molecule has 0 bridgehead atoms. The van der Waals surface area contributed by atoms with Crippen molar-refractivity contribution in [3.05, 3.63) is 59.2 Å². The van der Waals surface area contributed by atoms with E-state index in [1.165, 1.54) is 16.0 Å². The van der Waals surface area contributed by atoms with Crippen LogP contribution in [0.4, 0.5) is 0 Å². The van der Waals surface area contributed by atoms with Crippen molar-refractivity contribution in [3.8, 4) is 6.07 Å². The lowest BCUT2D eigenvalue weighted by Crippen LogP contribution is -1.84. The van der Waals surface area contributed by atoms with E-state index in [0.29, 0.717) is 0 Å². The van der Waals surface area contributed by atoms with Gasteiger partial charge in [0.25, 0.3) is 0 Å². The van der Waals surface area contributed by atoms with Crippen molar-refractivity contribution < 1.29 is 0 Å². The van der Waals surface area contributed by atoms with Crippen molar-refractivity contribution in [1.82, 2.24) is 0 Å². The van der Waals surface area contributed by atoms with Crippen molar-refractivity contribution in [2.24, 2.45) is 0 Å². The van der Waals surface area contributed by atoms with Crippen LogP contribution in [0.25, 0.3) is 0 Å². The highest BCUT2D eigenvalue weighted by molar-refractivity contribution is 7.99. The van der Waals surface area contributed by atoms with Gasteiger partial charge in [0.15, 0.2) is 0 Å². The van der Waals surface area contributed by atoms with E-state index in [2.05, 4.69) is 38.1 Å². The third-order valence-electron chi connectivity index (χ3n) is 2.56. The topological polar surface area (TPSA) is 23.8 Å². The predicted octanol–water partition coefficient (Wildman–Crippen LogP) is 4.33. The molecule has 0 amide bonds. The summed E-state index contributed by atoms with van der Waals surface area (Å²) in [4.78, 5) is 2.22. The molecule has 2 heteroatoms. The molecule has 0 aliphatic carbocycles. The maximum absolute atomic E-state index is 9.05. The molecule has 0 heterocycles. The highest BCUT2D eigenvalue weighted by Gasteiger charge is 2.05. The van der Waals surface area contributed by atoms with E-state index in [1.54, 1.807) is 11.8 Å². The fourth-order valence-electron chi connectivity index (χ4n) is 1.68. The zero-order valence-corrected chi connectivity index (χ0v) is 10.7. The summed E-state index contributed by atoms with van der Waals surface area (Å²) in [6.07, 6.45) is 0. The number of hydrogen-bond acceptors (Lipinski definition) is 2. The van der Waals surface area contributed by atoms with Crippen LogP contribution in [0.3, 0.4) is 0 Å². The molecule has 0 unspecified atom stereocenters. The molecule has 0 N–H and O–H groups in total. The Balaban J connectivity index is 2.35. The average Bonchev–Trinajstić information content (AvgIpc) is 2.33. The van der Waals surface area contributed by atoms with Gasteiger partial charge < -0.3 is 0 Å². The van der Waals surface area contributed by atoms with Crippen LogP contribution in [0.15, 0.2) is 52.3 Å². The van der Waals surface area contributed by atoms with Crippen molar-refractivity contribution in [2.75, 3.05) is 0 Å². The molecule has 84 valence electrons. The molecular formula is C15H13NS. The Kier molecular flexibility index (Phi) is 3.51. The van der Waals surface area contributed by atoms with Gasteiger partial charge in [-0.2, -0.15) is 5.26 Å². The molecule has 0 saturated carbocycles. The Morgan fingerprint density at radius 3 is 2.47 bits per heavy atom. The second kappa shape index (κ2) is 5.07. The molecule has 2 aromatic carbocycles. The number of rotatable bonds is 2. The summed E-state index contributed by atoms with van der Waals surface area (Å²) in [7, 11) is 0. The summed E-state index contributed by atoms with van der Waals surface area (Å²) in [5, 5.41) is 9.05. The van der Waals surface area contributed by atoms with E-state index in [9.17, 15) is 0 Å². The van der Waals surface area contributed by atoms with Gasteiger partial charge in [-0.15, -0.1) is 0 Å². The van der Waals surface area contributed by atoms with Crippen molar-refractivity contribution >= 4 is 11.8 Å². The van der Waals surface area contributed by atoms with E-state index < -0.39 is 0 Å². The minimum absolute atomic E-state index is 0.734. The number of aryl methyl sites for hydroxylation is 2. The summed E-state index contributed by atoms with van der Waals surface area (Å²) >= 11 is 1.65. The Hall–Kier alpha value is -1.72. The maximum atomic E-state index is 9.05. The van der Waals surface area contributed by atoms with E-state index >= 15 is 0 Å². The molecule has 0 radical (unpaired) electrons. The second-order valence-corrected chi connectivity index (χ2v) is 5.06. The lowest BCUT2D eigenvalue weighted by atomic mass is 10.2. The first-order valence-electron chi connectivity index (χ1n) is 5.45. The maximum Gasteiger partial charge on any atom is 0.100 e. The lowest BCUT2D eigenvalue weighted by Gasteiger charge is -2.07. The van der Waals surface area contributed by atoms with E-state index in [0.717, 1.165) is 10.5 Å². The molecule has 0 aliphatic rings. The van der Waals surface area contributed by atoms with Gasteiger partial charge in [0.1, 0.15) is 6.07 Å². The fourth-order valence-corrected chi connectivity index (χ4v) is 2.64. The molecule has 1 nitrogen and oxygen atoms in total. The zero-order valence-electron chi connectivity index (χ0n) is 9.90. The second-order valence-electron chi connectivity index (χ2n) is 3.98. The number of nitrogens with zero attached hydrogens (tertiary/aromatic N) is 1. The Morgan fingerprint density at radius 2 is 1.76 bits per heavy atom. The third-order valence-corrected chi connectivity index (χ3v) is 3.81. The molecule has 0 spiro atoms. The highest BCUT2D eigenvalue weighted by Crippen LogP contribution is 2.32. The molecule has 0 aromatic heterocycles. The molecule has 0 fully saturated rings. The number of benzene rings is 2. The Bertz CT molecular complexity index is 582. The predicted molar refractivity (Wildman–Crippen MR) is 71.2 cm³/mol. The van der Waals surface area contributed by atoms with Gasteiger partial charge in [0.05, 0.1) is 5.56 Å². The summed E-state index contributed by atoms with van der Waals surface area (Å²) in [5.74, 6) is 0. The minimum atomic E-state index is 0.734. The van der Waals surface area contributed by atoms with Crippen molar-refractivity contribution in [2.45, 2.75) is 23.6 Å². The van der Waals surface area contributed by atoms with Gasteiger partial charge in [-0.1, -0.05) is 41.6 Å². The quantitative estimate of drug-likeness (QED) is 0.779. The van der Waals surface area contributed by atoms with E-state index in [-0.39, 0.29) is 0 Å². The smallest absolute Gasteiger partial charge is 0.100 e. The monoisotopic (exact) mass is 239 g/mol. The fraction of sp³-hybridized carbons (Fsp3) is 0.133. The molecule has 0 saturated heterocycles. The van der Waals surface area contributed by atoms with Crippen LogP contribution >= 0.6 is 11.8 Å². The third kappa shape index (κ3) is 2.69. The molecule has 0 atom stereocenters. The first-order valence-corrected chi connectivity index (χ1v) is 6.26. The number of hydrogen-bond donors (Lipinski definition) is 0. The van der Waals surface area contributed by atoms with Crippen molar-refractivity contribution in [3.63, 3.8) is 0 Å². The lowest BCUT2D eigenvalue weighted by molar-refractivity contribution is 1.25. The van der Waals surface area contributed by atoms with Gasteiger partial charge in [0.2, 0.25) is 0 Å². The van der Waals surface area contributed by atoms with Crippen molar-refractivity contribution in [1.29, 1.82) is 5.26 Å². The van der Waals surface area contributed by atoms with Crippen LogP contribution in [0.1, 0.15) is 16.7 Å². The van der Waals surface area contributed by atoms with Gasteiger partial charge in [-0.3, -0.25) is 0 Å². The first kappa shape index (κ1) is 11.8. The van der Waals surface area contributed by atoms with Gasteiger partial charge >= 0.3 is 0 Å². The SMILES string of the molecule is Cc1ccc(Sc2ccccc2C#N)c(C)c1. The van der Waals surface area contributed by atoms with Crippen LogP contribution in [-0.4, -0.2) is 0 Å². The summed E-state index contributed by atoms with van der Waals surface area (Å²) in [6, 6.07) is 16.3. The summed E-state index contributed by atoms with van der Waals surface area (Å²) < 4.78 is 0. The average molecular weight is 239 g/mol. The normalized spacial score (nSPS) is 9.94. The largest absolute Gasteiger partial charge is 0.192 e. The van der Waals surface area contributed by atoms with Crippen LogP contribution in [-0.2, 0) is 0 Å². The highest BCUT2D eigenvalue weighted by atomic mass is 32.2. The van der Waals surface area contributed by atoms with Gasteiger partial charge in [0, 0.05) is 9.79 Å². The minimum Gasteiger partial charge on any atom is -0.192 e. The summed E-state index contributed by atoms with van der Waals surface area (Å²) in [6.45, 7) is 4.19. The van der Waals surface area contributed by atoms with Crippen LogP contribution in [0.5, 0.6) is 0 Å². The molecule has 2 aromatic rings. The van der Waals surface area contributed by atoms with E-state index in [4.69, 9.17) is 5.26 Å². The standard InChI is InChI=1S/C15H13NS/c1-11-7-8-14(12(2)9-11)17-15-6-4-3-5-13(15)10-16/h3-9H,1-2H3. The van der Waals surface area contributed by atoms with Gasteiger partial charge in [-0.05, 0) is 37.6 Å². The van der Waals surface area contributed by atoms with Gasteiger partial charge in [-0.25, -0.2) is 0 Å². The molecular weight excluding hydrogens is 226 g/mol. The zero-order chi connectivity index (χ0) is 12.3. The summed E-state index contributed by atoms with van der Waals surface area (Å²) in [5.41, 5.74) is 3.25. The van der Waals surface area contributed by atoms with E-state index in [1.807, 2.05) is 24.3 Å². The van der Waals surface area contributed by atoms with Crippen LogP contribution in [0.2, 0.25) is 0 Å². The molecule has 0 aliphatic heterocycles. The molecule has 17 heavy (non-hydrogen) atoms. The van der Waals surface area contributed by atoms with Crippen LogP contribution < -0.4 is 0 Å². The first-order chi connectivity index (χ1) is 8.20. The Labute approximate surface area is 106 Å². The number of nitriles is 1. The van der Waals surface area contributed by atoms with Crippen LogP contribution in [0, 0.1) is 25.2 Å².